The van der Waals surface area contributed by atoms with Crippen molar-refractivity contribution in [1.29, 1.82) is 0 Å². The van der Waals surface area contributed by atoms with E-state index in [9.17, 15) is 4.79 Å². The molecule has 2 N–H and O–H groups in total. The van der Waals surface area contributed by atoms with Crippen molar-refractivity contribution >= 4 is 5.91 Å². The highest BCUT2D eigenvalue weighted by molar-refractivity contribution is 5.78. The minimum Gasteiger partial charge on any atom is -0.350 e. The lowest BCUT2D eigenvalue weighted by Crippen LogP contribution is -2.42. The molecular weight excluding hydrogens is 226 g/mol. The normalized spacial score (nSPS) is 23.7. The zero-order valence-electron chi connectivity index (χ0n) is 11.1. The van der Waals surface area contributed by atoms with E-state index in [1.807, 2.05) is 19.1 Å². The molecule has 1 aromatic rings. The molecule has 2 unspecified atom stereocenters. The van der Waals surface area contributed by atoms with Crippen molar-refractivity contribution in [3.05, 3.63) is 29.6 Å². The van der Waals surface area contributed by atoms with E-state index in [-0.39, 0.29) is 11.8 Å². The first kappa shape index (κ1) is 13.0. The monoisotopic (exact) mass is 247 g/mol. The fourth-order valence-corrected chi connectivity index (χ4v) is 2.39. The summed E-state index contributed by atoms with van der Waals surface area (Å²) in [6.07, 6.45) is 3.62. The number of nitrogens with one attached hydrogen (secondary N) is 2. The molecule has 18 heavy (non-hydrogen) atoms. The zero-order valence-corrected chi connectivity index (χ0v) is 11.1. The molecule has 2 heterocycles. The second kappa shape index (κ2) is 5.96. The molecule has 0 radical (unpaired) electrons. The smallest absolute Gasteiger partial charge is 0.223 e. The van der Waals surface area contributed by atoms with Crippen LogP contribution in [0.4, 0.5) is 0 Å². The van der Waals surface area contributed by atoms with Gasteiger partial charge in [-0.3, -0.25) is 9.78 Å². The molecule has 98 valence electrons. The van der Waals surface area contributed by atoms with Gasteiger partial charge in [-0.25, -0.2) is 0 Å². The van der Waals surface area contributed by atoms with E-state index in [4.69, 9.17) is 0 Å². The Morgan fingerprint density at radius 2 is 2.44 bits per heavy atom. The second-order valence-corrected chi connectivity index (χ2v) is 5.06. The number of pyridine rings is 1. The molecule has 1 fully saturated rings. The Bertz CT molecular complexity index is 419. The Balaban J connectivity index is 1.86. The molecule has 1 aliphatic heterocycles. The molecule has 4 heteroatoms. The topological polar surface area (TPSA) is 54.0 Å². The van der Waals surface area contributed by atoms with Gasteiger partial charge in [0.25, 0.3) is 0 Å². The first-order valence-corrected chi connectivity index (χ1v) is 6.58. The zero-order chi connectivity index (χ0) is 13.0. The van der Waals surface area contributed by atoms with Crippen LogP contribution in [-0.4, -0.2) is 23.5 Å². The van der Waals surface area contributed by atoms with E-state index in [1.165, 1.54) is 0 Å². The van der Waals surface area contributed by atoms with Crippen LogP contribution in [0.3, 0.4) is 0 Å². The maximum absolute atomic E-state index is 12.1. The van der Waals surface area contributed by atoms with Crippen LogP contribution in [-0.2, 0) is 11.3 Å². The first-order valence-electron chi connectivity index (χ1n) is 6.58. The summed E-state index contributed by atoms with van der Waals surface area (Å²) < 4.78 is 0. The van der Waals surface area contributed by atoms with Gasteiger partial charge in [0.1, 0.15) is 0 Å². The lowest BCUT2D eigenvalue weighted by molar-refractivity contribution is -0.126. The van der Waals surface area contributed by atoms with E-state index >= 15 is 0 Å². The quantitative estimate of drug-likeness (QED) is 0.849. The van der Waals surface area contributed by atoms with Crippen LogP contribution >= 0.6 is 0 Å². The number of aryl methyl sites for hydroxylation is 1. The van der Waals surface area contributed by atoms with Crippen LogP contribution in [0.2, 0.25) is 0 Å². The largest absolute Gasteiger partial charge is 0.350 e. The molecule has 2 rings (SSSR count). The predicted molar refractivity (Wildman–Crippen MR) is 71.0 cm³/mol. The molecule has 1 aliphatic rings. The maximum Gasteiger partial charge on any atom is 0.223 e. The van der Waals surface area contributed by atoms with E-state index in [1.54, 1.807) is 6.20 Å². The molecule has 0 aliphatic carbocycles. The van der Waals surface area contributed by atoms with Gasteiger partial charge in [0.15, 0.2) is 0 Å². The average Bonchev–Trinajstić information content (AvgIpc) is 2.37. The average molecular weight is 247 g/mol. The Kier molecular flexibility index (Phi) is 4.31. The summed E-state index contributed by atoms with van der Waals surface area (Å²) in [4.78, 5) is 16.3. The number of amides is 1. The standard InChI is InChI=1S/C14H21N3O/c1-10-4-3-6-16-13(10)9-17-14(18)12-5-7-15-11(2)8-12/h3-4,6,11-12,15H,5,7-9H2,1-2H3,(H,17,18). The number of nitrogens with zero attached hydrogens (tertiary/aromatic N) is 1. The van der Waals surface area contributed by atoms with E-state index in [0.717, 1.165) is 30.6 Å². The molecule has 2 atom stereocenters. The molecular formula is C14H21N3O. The summed E-state index contributed by atoms with van der Waals surface area (Å²) in [5, 5.41) is 6.36. The van der Waals surface area contributed by atoms with Crippen LogP contribution in [0, 0.1) is 12.8 Å². The van der Waals surface area contributed by atoms with Gasteiger partial charge < -0.3 is 10.6 Å². The van der Waals surface area contributed by atoms with Crippen LogP contribution < -0.4 is 10.6 Å². The van der Waals surface area contributed by atoms with Crippen LogP contribution in [0.25, 0.3) is 0 Å². The van der Waals surface area contributed by atoms with Gasteiger partial charge in [-0.15, -0.1) is 0 Å². The summed E-state index contributed by atoms with van der Waals surface area (Å²) in [7, 11) is 0. The number of aromatic nitrogens is 1. The van der Waals surface area contributed by atoms with Gasteiger partial charge in [-0.1, -0.05) is 6.07 Å². The van der Waals surface area contributed by atoms with Crippen LogP contribution in [0.1, 0.15) is 31.0 Å². The lowest BCUT2D eigenvalue weighted by Gasteiger charge is -2.27. The third-order valence-corrected chi connectivity index (χ3v) is 3.54. The van der Waals surface area contributed by atoms with Gasteiger partial charge in [0.05, 0.1) is 12.2 Å². The minimum absolute atomic E-state index is 0.144. The Hall–Kier alpha value is -1.42. The summed E-state index contributed by atoms with van der Waals surface area (Å²) >= 11 is 0. The molecule has 1 amide bonds. The predicted octanol–water partition coefficient (Wildman–Crippen LogP) is 1.39. The SMILES string of the molecule is Cc1cccnc1CNC(=O)C1CCNC(C)C1. The van der Waals surface area contributed by atoms with Crippen molar-refractivity contribution in [2.45, 2.75) is 39.3 Å². The van der Waals surface area contributed by atoms with Crippen molar-refractivity contribution in [2.75, 3.05) is 6.54 Å². The van der Waals surface area contributed by atoms with Gasteiger partial charge >= 0.3 is 0 Å². The van der Waals surface area contributed by atoms with E-state index in [2.05, 4.69) is 22.5 Å². The van der Waals surface area contributed by atoms with E-state index in [0.29, 0.717) is 12.6 Å². The van der Waals surface area contributed by atoms with Gasteiger partial charge in [-0.05, 0) is 44.9 Å². The van der Waals surface area contributed by atoms with Crippen molar-refractivity contribution < 1.29 is 4.79 Å². The van der Waals surface area contributed by atoms with Crippen molar-refractivity contribution in [1.82, 2.24) is 15.6 Å². The minimum atomic E-state index is 0.144. The highest BCUT2D eigenvalue weighted by atomic mass is 16.1. The highest BCUT2D eigenvalue weighted by Crippen LogP contribution is 2.16. The number of hydrogen-bond donors (Lipinski definition) is 2. The number of carbonyl (C=O) groups excluding carboxylic acids is 1. The maximum atomic E-state index is 12.1. The molecule has 0 bridgehead atoms. The third kappa shape index (κ3) is 3.29. The molecule has 0 aromatic carbocycles. The summed E-state index contributed by atoms with van der Waals surface area (Å²) in [6.45, 7) is 5.61. The summed E-state index contributed by atoms with van der Waals surface area (Å²) in [5.74, 6) is 0.304. The fourth-order valence-electron chi connectivity index (χ4n) is 2.39. The first-order chi connectivity index (χ1) is 8.66. The lowest BCUT2D eigenvalue weighted by atomic mass is 9.92. The molecule has 4 nitrogen and oxygen atoms in total. The number of piperidine rings is 1. The highest BCUT2D eigenvalue weighted by Gasteiger charge is 2.24. The fraction of sp³-hybridized carbons (Fsp3) is 0.571. The van der Waals surface area contributed by atoms with Crippen LogP contribution in [0.15, 0.2) is 18.3 Å². The number of rotatable bonds is 3. The Morgan fingerprint density at radius 3 is 3.17 bits per heavy atom. The number of carbonyl (C=O) groups is 1. The van der Waals surface area contributed by atoms with Crippen LogP contribution in [0.5, 0.6) is 0 Å². The number of hydrogen-bond acceptors (Lipinski definition) is 3. The van der Waals surface area contributed by atoms with Crippen molar-refractivity contribution in [3.8, 4) is 0 Å². The van der Waals surface area contributed by atoms with Crippen molar-refractivity contribution in [2.24, 2.45) is 5.92 Å². The van der Waals surface area contributed by atoms with Gasteiger partial charge in [-0.2, -0.15) is 0 Å². The van der Waals surface area contributed by atoms with Crippen molar-refractivity contribution in [3.63, 3.8) is 0 Å². The Labute approximate surface area is 108 Å². The van der Waals surface area contributed by atoms with Gasteiger partial charge in [0, 0.05) is 18.2 Å². The van der Waals surface area contributed by atoms with E-state index < -0.39 is 0 Å². The Morgan fingerprint density at radius 1 is 1.61 bits per heavy atom. The summed E-state index contributed by atoms with van der Waals surface area (Å²) in [5.41, 5.74) is 2.07. The molecule has 1 aromatic heterocycles. The molecule has 1 saturated heterocycles. The second-order valence-electron chi connectivity index (χ2n) is 5.06. The summed E-state index contributed by atoms with van der Waals surface area (Å²) in [6, 6.07) is 4.36. The third-order valence-electron chi connectivity index (χ3n) is 3.54. The molecule has 0 spiro atoms. The molecule has 0 saturated carbocycles. The van der Waals surface area contributed by atoms with Gasteiger partial charge in [0.2, 0.25) is 5.91 Å².